The lowest BCUT2D eigenvalue weighted by atomic mass is 10.1. The molecule has 0 aliphatic rings. The average molecular weight is 481 g/mol. The lowest BCUT2D eigenvalue weighted by Gasteiger charge is -2.13. The van der Waals surface area contributed by atoms with Gasteiger partial charge in [-0.1, -0.05) is 29.8 Å². The highest BCUT2D eigenvalue weighted by Gasteiger charge is 2.10. The van der Waals surface area contributed by atoms with E-state index in [0.29, 0.717) is 29.4 Å². The first-order valence-corrected chi connectivity index (χ1v) is 11.7. The van der Waals surface area contributed by atoms with Gasteiger partial charge in [0, 0.05) is 29.3 Å². The summed E-state index contributed by atoms with van der Waals surface area (Å²) in [6, 6.07) is 24.2. The van der Waals surface area contributed by atoms with Gasteiger partial charge in [0.15, 0.2) is 23.9 Å². The monoisotopic (exact) mass is 480 g/mol. The number of allylic oxidation sites excluding steroid dienone is 1. The Morgan fingerprint density at radius 1 is 0.889 bits per heavy atom. The second-order valence-electron chi connectivity index (χ2n) is 8.18. The maximum Gasteiger partial charge on any atom is 0.262 e. The van der Waals surface area contributed by atoms with Crippen LogP contribution in [0.4, 0.5) is 5.69 Å². The first-order valence-electron chi connectivity index (χ1n) is 11.7. The minimum absolute atomic E-state index is 0.0971. The fourth-order valence-electron chi connectivity index (χ4n) is 3.57. The fraction of sp³-hybridized carbons (Fsp3) is 0.133. The van der Waals surface area contributed by atoms with Crippen LogP contribution in [0.3, 0.4) is 0 Å². The predicted octanol–water partition coefficient (Wildman–Crippen LogP) is 6.10. The van der Waals surface area contributed by atoms with Crippen LogP contribution in [0.25, 0.3) is 11.8 Å². The van der Waals surface area contributed by atoms with Gasteiger partial charge in [-0.3, -0.25) is 9.59 Å². The Morgan fingerprint density at radius 2 is 1.61 bits per heavy atom. The molecule has 1 N–H and O–H groups in total. The Hall–Kier alpha value is -4.58. The zero-order chi connectivity index (χ0) is 25.3. The summed E-state index contributed by atoms with van der Waals surface area (Å²) in [6.07, 6.45) is 7.18. The molecule has 1 heterocycles. The normalized spacial score (nSPS) is 10.8. The molecule has 0 aliphatic heterocycles. The van der Waals surface area contributed by atoms with Crippen LogP contribution in [-0.2, 0) is 4.79 Å². The molecular formula is C30H28N2O4. The van der Waals surface area contributed by atoms with Crippen LogP contribution in [0, 0.1) is 6.92 Å². The molecule has 0 atom stereocenters. The van der Waals surface area contributed by atoms with Crippen molar-refractivity contribution >= 4 is 23.5 Å². The van der Waals surface area contributed by atoms with Gasteiger partial charge in [-0.05, 0) is 86.2 Å². The zero-order valence-electron chi connectivity index (χ0n) is 20.3. The molecule has 0 spiro atoms. The standard InChI is InChI=1S/C30H28N2O4/c1-3-35-29-20-23(8-16-27(33)24-10-14-26(15-11-24)32-18-4-5-19-32)9-17-28(29)36-21-30(34)31-25-12-6-22(2)7-13-25/h4-20H,3,21H2,1-2H3,(H,31,34)/b16-8+. The van der Waals surface area contributed by atoms with E-state index in [2.05, 4.69) is 5.32 Å². The second kappa shape index (κ2) is 11.7. The van der Waals surface area contributed by atoms with Gasteiger partial charge in [-0.2, -0.15) is 0 Å². The van der Waals surface area contributed by atoms with Gasteiger partial charge in [0.2, 0.25) is 0 Å². The molecule has 0 radical (unpaired) electrons. The molecule has 0 aliphatic carbocycles. The third-order valence-electron chi connectivity index (χ3n) is 5.44. The number of carbonyl (C=O) groups is 2. The molecule has 0 unspecified atom stereocenters. The summed E-state index contributed by atoms with van der Waals surface area (Å²) in [5.41, 5.74) is 4.21. The molecule has 3 aromatic carbocycles. The van der Waals surface area contributed by atoms with E-state index in [4.69, 9.17) is 9.47 Å². The van der Waals surface area contributed by atoms with Crippen molar-refractivity contribution in [1.29, 1.82) is 0 Å². The largest absolute Gasteiger partial charge is 0.490 e. The first-order chi connectivity index (χ1) is 17.5. The van der Waals surface area contributed by atoms with E-state index >= 15 is 0 Å². The maximum absolute atomic E-state index is 12.6. The number of carbonyl (C=O) groups excluding carboxylic acids is 2. The van der Waals surface area contributed by atoms with E-state index < -0.39 is 0 Å². The molecule has 4 aromatic rings. The number of rotatable bonds is 10. The first kappa shape index (κ1) is 24.5. The lowest BCUT2D eigenvalue weighted by molar-refractivity contribution is -0.118. The zero-order valence-corrected chi connectivity index (χ0v) is 20.3. The summed E-state index contributed by atoms with van der Waals surface area (Å²) in [7, 11) is 0. The minimum atomic E-state index is -0.265. The molecular weight excluding hydrogens is 452 g/mol. The Balaban J connectivity index is 1.38. The molecule has 0 saturated heterocycles. The quantitative estimate of drug-likeness (QED) is 0.220. The Bertz CT molecular complexity index is 1340. The third-order valence-corrected chi connectivity index (χ3v) is 5.44. The summed E-state index contributed by atoms with van der Waals surface area (Å²) < 4.78 is 13.4. The highest BCUT2D eigenvalue weighted by atomic mass is 16.5. The van der Waals surface area contributed by atoms with Gasteiger partial charge in [-0.15, -0.1) is 0 Å². The molecule has 0 bridgehead atoms. The van der Waals surface area contributed by atoms with Crippen molar-refractivity contribution in [2.75, 3.05) is 18.5 Å². The molecule has 6 heteroatoms. The van der Waals surface area contributed by atoms with Gasteiger partial charge in [0.25, 0.3) is 5.91 Å². The van der Waals surface area contributed by atoms with E-state index in [1.165, 1.54) is 6.08 Å². The number of ether oxygens (including phenoxy) is 2. The van der Waals surface area contributed by atoms with Gasteiger partial charge in [0.1, 0.15) is 0 Å². The SMILES string of the molecule is CCOc1cc(/C=C/C(=O)c2ccc(-n3cccc3)cc2)ccc1OCC(=O)Nc1ccc(C)cc1. The van der Waals surface area contributed by atoms with Crippen molar-refractivity contribution in [1.82, 2.24) is 4.57 Å². The van der Waals surface area contributed by atoms with Crippen molar-refractivity contribution < 1.29 is 19.1 Å². The molecule has 0 saturated carbocycles. The number of anilines is 1. The summed E-state index contributed by atoms with van der Waals surface area (Å²) >= 11 is 0. The number of benzene rings is 3. The van der Waals surface area contributed by atoms with Gasteiger partial charge >= 0.3 is 0 Å². The Labute approximate surface area is 210 Å². The van der Waals surface area contributed by atoms with Crippen molar-refractivity contribution in [2.45, 2.75) is 13.8 Å². The highest BCUT2D eigenvalue weighted by molar-refractivity contribution is 6.06. The number of nitrogens with zero attached hydrogens (tertiary/aromatic N) is 1. The summed E-state index contributed by atoms with van der Waals surface area (Å²) in [5.74, 6) is 0.602. The van der Waals surface area contributed by atoms with Gasteiger partial charge in [0.05, 0.1) is 6.61 Å². The number of nitrogens with one attached hydrogen (secondary N) is 1. The number of amides is 1. The van der Waals surface area contributed by atoms with Crippen LogP contribution < -0.4 is 14.8 Å². The summed E-state index contributed by atoms with van der Waals surface area (Å²) in [6.45, 7) is 4.14. The van der Waals surface area contributed by atoms with Gasteiger partial charge < -0.3 is 19.4 Å². The lowest BCUT2D eigenvalue weighted by Crippen LogP contribution is -2.20. The van der Waals surface area contributed by atoms with E-state index in [9.17, 15) is 9.59 Å². The number of aryl methyl sites for hydroxylation is 1. The topological polar surface area (TPSA) is 69.6 Å². The molecule has 182 valence electrons. The van der Waals surface area contributed by atoms with Crippen LogP contribution in [0.2, 0.25) is 0 Å². The molecule has 6 nitrogen and oxygen atoms in total. The molecule has 4 rings (SSSR count). The number of ketones is 1. The summed E-state index contributed by atoms with van der Waals surface area (Å²) in [5, 5.41) is 2.81. The van der Waals surface area contributed by atoms with E-state index in [-0.39, 0.29) is 18.3 Å². The van der Waals surface area contributed by atoms with E-state index in [1.807, 2.05) is 97.5 Å². The van der Waals surface area contributed by atoms with Crippen molar-refractivity contribution in [3.8, 4) is 17.2 Å². The van der Waals surface area contributed by atoms with Crippen molar-refractivity contribution in [2.24, 2.45) is 0 Å². The van der Waals surface area contributed by atoms with E-state index in [1.54, 1.807) is 18.2 Å². The molecule has 0 fully saturated rings. The Morgan fingerprint density at radius 3 is 2.31 bits per heavy atom. The van der Waals surface area contributed by atoms with Crippen LogP contribution in [0.5, 0.6) is 11.5 Å². The smallest absolute Gasteiger partial charge is 0.262 e. The van der Waals surface area contributed by atoms with Crippen LogP contribution in [0.15, 0.2) is 97.3 Å². The molecule has 1 aromatic heterocycles. The maximum atomic E-state index is 12.6. The van der Waals surface area contributed by atoms with Crippen LogP contribution >= 0.6 is 0 Å². The fourth-order valence-corrected chi connectivity index (χ4v) is 3.57. The summed E-state index contributed by atoms with van der Waals surface area (Å²) in [4.78, 5) is 24.9. The second-order valence-corrected chi connectivity index (χ2v) is 8.18. The van der Waals surface area contributed by atoms with E-state index in [0.717, 1.165) is 16.8 Å². The van der Waals surface area contributed by atoms with Crippen LogP contribution in [-0.4, -0.2) is 29.5 Å². The minimum Gasteiger partial charge on any atom is -0.490 e. The van der Waals surface area contributed by atoms with Crippen molar-refractivity contribution in [3.05, 3.63) is 114 Å². The number of hydrogen-bond acceptors (Lipinski definition) is 4. The Kier molecular flexibility index (Phi) is 7.98. The highest BCUT2D eigenvalue weighted by Crippen LogP contribution is 2.29. The third kappa shape index (κ3) is 6.51. The van der Waals surface area contributed by atoms with Crippen LogP contribution in [0.1, 0.15) is 28.4 Å². The number of aromatic nitrogens is 1. The molecule has 1 amide bonds. The molecule has 36 heavy (non-hydrogen) atoms. The predicted molar refractivity (Wildman–Crippen MR) is 142 cm³/mol. The van der Waals surface area contributed by atoms with Gasteiger partial charge in [-0.25, -0.2) is 0 Å². The number of hydrogen-bond donors (Lipinski definition) is 1. The average Bonchev–Trinajstić information content (AvgIpc) is 3.43. The van der Waals surface area contributed by atoms with Crippen molar-refractivity contribution in [3.63, 3.8) is 0 Å².